The minimum atomic E-state index is 0.420. The topological polar surface area (TPSA) is 50.4 Å². The number of halogens is 1. The van der Waals surface area contributed by atoms with Gasteiger partial charge < -0.3 is 5.43 Å². The summed E-state index contributed by atoms with van der Waals surface area (Å²) in [5, 5.41) is 0. The Hall–Kier alpha value is -0.870. The van der Waals surface area contributed by atoms with Gasteiger partial charge in [-0.25, -0.2) is 5.84 Å². The Morgan fingerprint density at radius 3 is 2.61 bits per heavy atom. The van der Waals surface area contributed by atoms with Crippen LogP contribution in [-0.4, -0.2) is 11.9 Å². The highest BCUT2D eigenvalue weighted by Crippen LogP contribution is 2.21. The van der Waals surface area contributed by atoms with E-state index in [0.29, 0.717) is 6.04 Å². The molecule has 0 aliphatic heterocycles. The molecule has 0 unspecified atom stereocenters. The SMILES string of the molecule is Cc1cc(Br)cc(C(=NC2CCCCC2)NN)c1. The Labute approximate surface area is 117 Å². The standard InChI is InChI=1S/C14H20BrN3/c1-10-7-11(9-12(15)8-10)14(18-16)17-13-5-3-2-4-6-13/h7-9,13H,2-6,16H2,1H3,(H,17,18). The molecular weight excluding hydrogens is 290 g/mol. The van der Waals surface area contributed by atoms with Crippen LogP contribution >= 0.6 is 15.9 Å². The van der Waals surface area contributed by atoms with Crippen LogP contribution in [0.15, 0.2) is 27.7 Å². The van der Waals surface area contributed by atoms with Crippen LogP contribution in [-0.2, 0) is 0 Å². The average Bonchev–Trinajstić information content (AvgIpc) is 2.36. The first-order chi connectivity index (χ1) is 8.69. The van der Waals surface area contributed by atoms with Crippen molar-refractivity contribution in [2.45, 2.75) is 45.1 Å². The van der Waals surface area contributed by atoms with Gasteiger partial charge in [-0.15, -0.1) is 0 Å². The van der Waals surface area contributed by atoms with Crippen molar-refractivity contribution in [2.75, 3.05) is 0 Å². The van der Waals surface area contributed by atoms with E-state index in [4.69, 9.17) is 10.8 Å². The summed E-state index contributed by atoms with van der Waals surface area (Å²) < 4.78 is 1.06. The Kier molecular flexibility index (Phi) is 4.78. The first kappa shape index (κ1) is 13.6. The fourth-order valence-electron chi connectivity index (χ4n) is 2.46. The summed E-state index contributed by atoms with van der Waals surface area (Å²) in [6.45, 7) is 2.07. The lowest BCUT2D eigenvalue weighted by molar-refractivity contribution is 0.442. The molecule has 1 aliphatic rings. The molecule has 4 heteroatoms. The van der Waals surface area contributed by atoms with Gasteiger partial charge in [-0.1, -0.05) is 35.2 Å². The number of nitrogens with zero attached hydrogens (tertiary/aromatic N) is 1. The van der Waals surface area contributed by atoms with E-state index in [1.807, 2.05) is 0 Å². The molecule has 0 spiro atoms. The average molecular weight is 310 g/mol. The maximum absolute atomic E-state index is 5.63. The number of amidine groups is 1. The van der Waals surface area contributed by atoms with Crippen LogP contribution in [0.1, 0.15) is 43.2 Å². The Morgan fingerprint density at radius 2 is 2.00 bits per heavy atom. The maximum Gasteiger partial charge on any atom is 0.142 e. The highest BCUT2D eigenvalue weighted by atomic mass is 79.9. The summed E-state index contributed by atoms with van der Waals surface area (Å²) in [5.41, 5.74) is 5.00. The molecule has 1 aromatic rings. The van der Waals surface area contributed by atoms with Crippen LogP contribution in [0.5, 0.6) is 0 Å². The minimum absolute atomic E-state index is 0.420. The molecule has 1 aromatic carbocycles. The van der Waals surface area contributed by atoms with E-state index < -0.39 is 0 Å². The van der Waals surface area contributed by atoms with Gasteiger partial charge in [-0.05, 0) is 43.5 Å². The van der Waals surface area contributed by atoms with Crippen molar-refractivity contribution in [1.29, 1.82) is 0 Å². The molecule has 0 saturated heterocycles. The Morgan fingerprint density at radius 1 is 1.28 bits per heavy atom. The number of nitrogens with one attached hydrogen (secondary N) is 1. The monoisotopic (exact) mass is 309 g/mol. The van der Waals surface area contributed by atoms with Gasteiger partial charge >= 0.3 is 0 Å². The Bertz CT molecular complexity index is 416. The van der Waals surface area contributed by atoms with Crippen LogP contribution in [0.3, 0.4) is 0 Å². The molecule has 0 aromatic heterocycles. The fourth-order valence-corrected chi connectivity index (χ4v) is 3.07. The number of aryl methyl sites for hydroxylation is 1. The van der Waals surface area contributed by atoms with Gasteiger partial charge in [0.2, 0.25) is 0 Å². The molecule has 0 atom stereocenters. The minimum Gasteiger partial charge on any atom is -0.308 e. The molecule has 1 saturated carbocycles. The van der Waals surface area contributed by atoms with Gasteiger partial charge in [0.25, 0.3) is 0 Å². The summed E-state index contributed by atoms with van der Waals surface area (Å²) in [4.78, 5) is 4.77. The van der Waals surface area contributed by atoms with Crippen molar-refractivity contribution in [2.24, 2.45) is 10.8 Å². The number of hydrogen-bond acceptors (Lipinski definition) is 2. The summed E-state index contributed by atoms with van der Waals surface area (Å²) in [7, 11) is 0. The van der Waals surface area contributed by atoms with Crippen molar-refractivity contribution in [3.63, 3.8) is 0 Å². The smallest absolute Gasteiger partial charge is 0.142 e. The van der Waals surface area contributed by atoms with Gasteiger partial charge in [-0.2, -0.15) is 0 Å². The van der Waals surface area contributed by atoms with E-state index >= 15 is 0 Å². The van der Waals surface area contributed by atoms with Gasteiger partial charge in [0.05, 0.1) is 6.04 Å². The molecule has 98 valence electrons. The van der Waals surface area contributed by atoms with Crippen LogP contribution in [0, 0.1) is 6.92 Å². The zero-order valence-corrected chi connectivity index (χ0v) is 12.3. The zero-order valence-electron chi connectivity index (χ0n) is 10.7. The third-order valence-corrected chi connectivity index (χ3v) is 3.80. The summed E-state index contributed by atoms with van der Waals surface area (Å²) in [6, 6.07) is 6.66. The third-order valence-electron chi connectivity index (χ3n) is 3.34. The van der Waals surface area contributed by atoms with Crippen LogP contribution in [0.2, 0.25) is 0 Å². The van der Waals surface area contributed by atoms with Gasteiger partial charge in [0.1, 0.15) is 5.84 Å². The molecule has 3 N–H and O–H groups in total. The van der Waals surface area contributed by atoms with Crippen molar-refractivity contribution < 1.29 is 0 Å². The number of hydrazine groups is 1. The van der Waals surface area contributed by atoms with E-state index in [1.54, 1.807) is 0 Å². The van der Waals surface area contributed by atoms with Crippen molar-refractivity contribution in [3.8, 4) is 0 Å². The zero-order chi connectivity index (χ0) is 13.0. The highest BCUT2D eigenvalue weighted by molar-refractivity contribution is 9.10. The number of benzene rings is 1. The fraction of sp³-hybridized carbons (Fsp3) is 0.500. The van der Waals surface area contributed by atoms with Crippen LogP contribution in [0.25, 0.3) is 0 Å². The van der Waals surface area contributed by atoms with Crippen molar-refractivity contribution >= 4 is 21.8 Å². The van der Waals surface area contributed by atoms with Crippen LogP contribution in [0.4, 0.5) is 0 Å². The van der Waals surface area contributed by atoms with Gasteiger partial charge in [0, 0.05) is 10.0 Å². The van der Waals surface area contributed by atoms with E-state index in [9.17, 15) is 0 Å². The van der Waals surface area contributed by atoms with Gasteiger partial charge in [0.15, 0.2) is 0 Å². The molecule has 1 fully saturated rings. The highest BCUT2D eigenvalue weighted by Gasteiger charge is 2.14. The normalized spacial score (nSPS) is 17.8. The molecule has 3 nitrogen and oxygen atoms in total. The lowest BCUT2D eigenvalue weighted by Crippen LogP contribution is -2.32. The Balaban J connectivity index is 2.23. The second-order valence-electron chi connectivity index (χ2n) is 4.93. The van der Waals surface area contributed by atoms with E-state index in [0.717, 1.165) is 15.9 Å². The summed E-state index contributed by atoms with van der Waals surface area (Å²) in [6.07, 6.45) is 6.26. The maximum atomic E-state index is 5.63. The molecule has 1 aliphatic carbocycles. The van der Waals surface area contributed by atoms with E-state index in [1.165, 1.54) is 37.7 Å². The lowest BCUT2D eigenvalue weighted by atomic mass is 9.96. The summed E-state index contributed by atoms with van der Waals surface area (Å²) in [5.74, 6) is 6.42. The number of aliphatic imine (C=N–C) groups is 1. The summed E-state index contributed by atoms with van der Waals surface area (Å²) >= 11 is 3.51. The molecular formula is C14H20BrN3. The van der Waals surface area contributed by atoms with E-state index in [2.05, 4.69) is 46.5 Å². The van der Waals surface area contributed by atoms with Crippen molar-refractivity contribution in [1.82, 2.24) is 5.43 Å². The lowest BCUT2D eigenvalue weighted by Gasteiger charge is -2.19. The molecule has 0 bridgehead atoms. The number of hydrogen-bond donors (Lipinski definition) is 2. The molecule has 18 heavy (non-hydrogen) atoms. The predicted octanol–water partition coefficient (Wildman–Crippen LogP) is 3.30. The molecule has 2 rings (SSSR count). The first-order valence-corrected chi connectivity index (χ1v) is 7.30. The molecule has 0 amide bonds. The first-order valence-electron chi connectivity index (χ1n) is 6.51. The van der Waals surface area contributed by atoms with E-state index in [-0.39, 0.29) is 0 Å². The molecule has 0 radical (unpaired) electrons. The third kappa shape index (κ3) is 3.56. The molecule has 0 heterocycles. The predicted molar refractivity (Wildman–Crippen MR) is 79.6 cm³/mol. The van der Waals surface area contributed by atoms with Gasteiger partial charge in [-0.3, -0.25) is 4.99 Å². The number of nitrogens with two attached hydrogens (primary N) is 1. The van der Waals surface area contributed by atoms with Crippen LogP contribution < -0.4 is 11.3 Å². The number of rotatable bonds is 2. The quantitative estimate of drug-likeness (QED) is 0.381. The second-order valence-corrected chi connectivity index (χ2v) is 5.85. The second kappa shape index (κ2) is 6.34. The largest absolute Gasteiger partial charge is 0.308 e. The van der Waals surface area contributed by atoms with Crippen molar-refractivity contribution in [3.05, 3.63) is 33.8 Å².